The van der Waals surface area contributed by atoms with E-state index in [9.17, 15) is 9.59 Å². The van der Waals surface area contributed by atoms with E-state index in [-0.39, 0.29) is 17.9 Å². The Labute approximate surface area is 129 Å². The second-order valence-corrected chi connectivity index (χ2v) is 5.38. The zero-order chi connectivity index (χ0) is 16.1. The summed E-state index contributed by atoms with van der Waals surface area (Å²) >= 11 is 0. The van der Waals surface area contributed by atoms with Crippen LogP contribution in [-0.2, 0) is 9.59 Å². The Morgan fingerprint density at radius 1 is 1.09 bits per heavy atom. The number of amides is 2. The van der Waals surface area contributed by atoms with Crippen LogP contribution in [-0.4, -0.2) is 30.2 Å². The first-order valence-electron chi connectivity index (χ1n) is 7.14. The fraction of sp³-hybridized carbons (Fsp3) is 0.312. The molecule has 1 aliphatic rings. The van der Waals surface area contributed by atoms with Crippen LogP contribution in [0.5, 0.6) is 0 Å². The molecule has 22 heavy (non-hydrogen) atoms. The average molecular weight is 300 g/mol. The molecule has 0 saturated heterocycles. The molecule has 2 rings (SSSR count). The van der Waals surface area contributed by atoms with Gasteiger partial charge in [-0.15, -0.1) is 0 Å². The van der Waals surface area contributed by atoms with Crippen molar-refractivity contribution in [2.75, 3.05) is 17.2 Å². The molecule has 0 saturated carbocycles. The van der Waals surface area contributed by atoms with Gasteiger partial charge in [0.25, 0.3) is 5.91 Å². The van der Waals surface area contributed by atoms with Gasteiger partial charge < -0.3 is 16.0 Å². The molecule has 116 valence electrons. The Hall–Kier alpha value is -2.63. The van der Waals surface area contributed by atoms with Crippen molar-refractivity contribution < 1.29 is 9.59 Å². The molecular weight excluding hydrogens is 280 g/mol. The molecule has 0 aromatic heterocycles. The summed E-state index contributed by atoms with van der Waals surface area (Å²) in [7, 11) is 0. The van der Waals surface area contributed by atoms with Crippen LogP contribution in [0.2, 0.25) is 0 Å². The molecule has 0 bridgehead atoms. The summed E-state index contributed by atoms with van der Waals surface area (Å²) in [6.07, 6.45) is 1.76. The van der Waals surface area contributed by atoms with Gasteiger partial charge in [0.1, 0.15) is 5.84 Å². The minimum absolute atomic E-state index is 0.129. The molecule has 3 N–H and O–H groups in total. The molecule has 0 unspecified atom stereocenters. The highest BCUT2D eigenvalue weighted by Gasteiger charge is 2.16. The number of aliphatic imine (C=N–C) groups is 1. The van der Waals surface area contributed by atoms with Crippen molar-refractivity contribution in [2.45, 2.75) is 26.8 Å². The normalized spacial score (nSPS) is 13.5. The summed E-state index contributed by atoms with van der Waals surface area (Å²) in [6.45, 7) is 5.87. The predicted molar refractivity (Wildman–Crippen MR) is 88.0 cm³/mol. The number of anilines is 2. The summed E-state index contributed by atoms with van der Waals surface area (Å²) in [5.41, 5.74) is 1.98. The predicted octanol–water partition coefficient (Wildman–Crippen LogP) is 1.92. The lowest BCUT2D eigenvalue weighted by Crippen LogP contribution is -2.28. The molecule has 0 radical (unpaired) electrons. The maximum atomic E-state index is 12.2. The van der Waals surface area contributed by atoms with Gasteiger partial charge in [0.15, 0.2) is 0 Å². The van der Waals surface area contributed by atoms with Gasteiger partial charge in [0.2, 0.25) is 5.91 Å². The first kappa shape index (κ1) is 15.8. The number of hydrogen-bond donors (Lipinski definition) is 3. The standard InChI is InChI=1S/C16H20N4O2/c1-10(2)18-15-8-12(9-17-15)16(22)20-14-6-4-13(5-7-14)19-11(3)21/h4-8,10H,9H2,1-3H3,(H,17,18)(H,19,21)(H,20,22). The number of carbonyl (C=O) groups excluding carboxylic acids is 2. The number of rotatable bonds is 4. The van der Waals surface area contributed by atoms with Gasteiger partial charge >= 0.3 is 0 Å². The molecule has 0 atom stereocenters. The van der Waals surface area contributed by atoms with Crippen molar-refractivity contribution in [3.05, 3.63) is 35.9 Å². The Morgan fingerprint density at radius 2 is 1.68 bits per heavy atom. The third-order valence-corrected chi connectivity index (χ3v) is 2.92. The van der Waals surface area contributed by atoms with E-state index >= 15 is 0 Å². The summed E-state index contributed by atoms with van der Waals surface area (Å²) in [5, 5.41) is 8.66. The molecule has 6 heteroatoms. The molecule has 1 aromatic rings. The van der Waals surface area contributed by atoms with E-state index < -0.39 is 0 Å². The van der Waals surface area contributed by atoms with Crippen LogP contribution >= 0.6 is 0 Å². The molecule has 0 aliphatic carbocycles. The molecule has 0 fully saturated rings. The first-order chi connectivity index (χ1) is 10.4. The van der Waals surface area contributed by atoms with Gasteiger partial charge in [0, 0.05) is 29.9 Å². The number of benzene rings is 1. The van der Waals surface area contributed by atoms with E-state index in [2.05, 4.69) is 20.9 Å². The Bertz CT molecular complexity index is 630. The summed E-state index contributed by atoms with van der Waals surface area (Å²) in [4.78, 5) is 27.4. The molecule has 1 aliphatic heterocycles. The van der Waals surface area contributed by atoms with Gasteiger partial charge in [-0.2, -0.15) is 0 Å². The lowest BCUT2D eigenvalue weighted by molar-refractivity contribution is -0.114. The molecule has 2 amide bonds. The van der Waals surface area contributed by atoms with Crippen LogP contribution in [0.1, 0.15) is 20.8 Å². The minimum Gasteiger partial charge on any atom is -0.368 e. The third-order valence-electron chi connectivity index (χ3n) is 2.92. The number of amidine groups is 1. The zero-order valence-electron chi connectivity index (χ0n) is 12.9. The number of hydrogen-bond acceptors (Lipinski definition) is 4. The largest absolute Gasteiger partial charge is 0.368 e. The maximum absolute atomic E-state index is 12.2. The highest BCUT2D eigenvalue weighted by atomic mass is 16.2. The van der Waals surface area contributed by atoms with E-state index in [0.717, 1.165) is 5.84 Å². The Morgan fingerprint density at radius 3 is 2.23 bits per heavy atom. The third kappa shape index (κ3) is 4.44. The molecule has 1 heterocycles. The zero-order valence-corrected chi connectivity index (χ0v) is 12.9. The molecule has 1 aromatic carbocycles. The van der Waals surface area contributed by atoms with E-state index in [1.807, 2.05) is 13.8 Å². The molecule has 6 nitrogen and oxygen atoms in total. The first-order valence-corrected chi connectivity index (χ1v) is 7.14. The Kier molecular flexibility index (Phi) is 4.93. The van der Waals surface area contributed by atoms with Crippen molar-refractivity contribution in [3.63, 3.8) is 0 Å². The van der Waals surface area contributed by atoms with Gasteiger partial charge in [-0.05, 0) is 44.2 Å². The highest BCUT2D eigenvalue weighted by Crippen LogP contribution is 2.15. The van der Waals surface area contributed by atoms with E-state index in [0.29, 0.717) is 23.5 Å². The van der Waals surface area contributed by atoms with E-state index in [1.54, 1.807) is 30.3 Å². The summed E-state index contributed by atoms with van der Waals surface area (Å²) in [6, 6.07) is 7.24. The van der Waals surface area contributed by atoms with Gasteiger partial charge in [-0.3, -0.25) is 14.6 Å². The van der Waals surface area contributed by atoms with Crippen LogP contribution in [0.3, 0.4) is 0 Å². The highest BCUT2D eigenvalue weighted by molar-refractivity contribution is 6.11. The minimum atomic E-state index is -0.170. The van der Waals surface area contributed by atoms with Crippen LogP contribution in [0, 0.1) is 0 Å². The molecular formula is C16H20N4O2. The Balaban J connectivity index is 1.94. The number of nitrogens with zero attached hydrogens (tertiary/aromatic N) is 1. The van der Waals surface area contributed by atoms with Gasteiger partial charge in [-0.25, -0.2) is 0 Å². The van der Waals surface area contributed by atoms with Crippen molar-refractivity contribution in [1.29, 1.82) is 0 Å². The monoisotopic (exact) mass is 300 g/mol. The van der Waals surface area contributed by atoms with Crippen LogP contribution in [0.15, 0.2) is 40.9 Å². The van der Waals surface area contributed by atoms with E-state index in [1.165, 1.54) is 6.92 Å². The van der Waals surface area contributed by atoms with Crippen molar-refractivity contribution in [2.24, 2.45) is 4.99 Å². The smallest absolute Gasteiger partial charge is 0.253 e. The number of carbonyl (C=O) groups is 2. The summed E-state index contributed by atoms with van der Waals surface area (Å²) in [5.74, 6) is 0.438. The maximum Gasteiger partial charge on any atom is 0.253 e. The number of nitrogens with one attached hydrogen (secondary N) is 3. The SMILES string of the molecule is CC(=O)Nc1ccc(NC(=O)C2=CC(NC(C)C)=NC2)cc1. The van der Waals surface area contributed by atoms with Gasteiger partial charge in [0.05, 0.1) is 6.54 Å². The second kappa shape index (κ2) is 6.89. The van der Waals surface area contributed by atoms with Crippen molar-refractivity contribution in [3.8, 4) is 0 Å². The topological polar surface area (TPSA) is 82.6 Å². The van der Waals surface area contributed by atoms with E-state index in [4.69, 9.17) is 0 Å². The lowest BCUT2D eigenvalue weighted by Gasteiger charge is -2.07. The second-order valence-electron chi connectivity index (χ2n) is 5.38. The van der Waals surface area contributed by atoms with Crippen molar-refractivity contribution >= 4 is 29.0 Å². The lowest BCUT2D eigenvalue weighted by atomic mass is 10.2. The van der Waals surface area contributed by atoms with Crippen molar-refractivity contribution in [1.82, 2.24) is 5.32 Å². The average Bonchev–Trinajstić information content (AvgIpc) is 2.88. The summed E-state index contributed by atoms with van der Waals surface area (Å²) < 4.78 is 0. The van der Waals surface area contributed by atoms with Crippen LogP contribution in [0.4, 0.5) is 11.4 Å². The van der Waals surface area contributed by atoms with Gasteiger partial charge in [-0.1, -0.05) is 0 Å². The van der Waals surface area contributed by atoms with Crippen LogP contribution < -0.4 is 16.0 Å². The quantitative estimate of drug-likeness (QED) is 0.794. The fourth-order valence-electron chi connectivity index (χ4n) is 2.00. The fourth-order valence-corrected chi connectivity index (χ4v) is 2.00. The van der Waals surface area contributed by atoms with Crippen LogP contribution in [0.25, 0.3) is 0 Å². The molecule has 0 spiro atoms.